The molecule has 0 radical (unpaired) electrons. The molecule has 11 heteroatoms. The molecule has 1 saturated heterocycles. The zero-order valence-corrected chi connectivity index (χ0v) is 49.1. The number of carbonyl (C=O) groups excluding carboxylic acids is 2. The number of hydrogen-bond acceptors (Lipinski definition) is 10. The van der Waals surface area contributed by atoms with E-state index in [4.69, 9.17) is 14.2 Å². The molecule has 77 heavy (non-hydrogen) atoms. The Morgan fingerprint density at radius 2 is 0.896 bits per heavy atom. The van der Waals surface area contributed by atoms with E-state index in [-0.39, 0.29) is 19.4 Å². The monoisotopic (exact) mass is 1080 g/mol. The van der Waals surface area contributed by atoms with Gasteiger partial charge in [-0.1, -0.05) is 241 Å². The number of unbranched alkanes of at least 4 members (excludes halogenated alkanes) is 26. The Balaban J connectivity index is 2.68. The SMILES string of the molecule is CCCCC/C=C\C/C=C\C/C=C\C/C=C\CCC(O)C(=O)NC(COC1OC(CO)C(O)C(O)C1OC(=O)CCCCCCCCCCCCC/C=C\C/C=C\CCCCC)C(O)/C=C/CCCCCCCCCCC. The van der Waals surface area contributed by atoms with E-state index in [0.29, 0.717) is 12.8 Å². The molecule has 0 saturated carbocycles. The van der Waals surface area contributed by atoms with Crippen molar-refractivity contribution in [3.05, 3.63) is 85.1 Å². The van der Waals surface area contributed by atoms with Gasteiger partial charge in [-0.05, 0) is 96.3 Å². The first-order chi connectivity index (χ1) is 37.7. The second kappa shape index (κ2) is 53.5. The first-order valence-electron chi connectivity index (χ1n) is 31.4. The van der Waals surface area contributed by atoms with Crippen molar-refractivity contribution in [2.24, 2.45) is 0 Å². The first kappa shape index (κ1) is 71.9. The molecule has 0 aromatic heterocycles. The molecule has 0 spiro atoms. The fourth-order valence-electron chi connectivity index (χ4n) is 9.26. The minimum atomic E-state index is -1.63. The van der Waals surface area contributed by atoms with E-state index in [1.54, 1.807) is 6.08 Å². The van der Waals surface area contributed by atoms with Crippen LogP contribution in [0.5, 0.6) is 0 Å². The number of amides is 1. The quantitative estimate of drug-likeness (QED) is 0.0195. The van der Waals surface area contributed by atoms with E-state index in [1.807, 2.05) is 18.2 Å². The van der Waals surface area contributed by atoms with E-state index in [0.717, 1.165) is 77.0 Å². The van der Waals surface area contributed by atoms with Crippen LogP contribution >= 0.6 is 0 Å². The number of hydrogen-bond donors (Lipinski definition) is 6. The van der Waals surface area contributed by atoms with Gasteiger partial charge >= 0.3 is 5.97 Å². The van der Waals surface area contributed by atoms with Crippen molar-refractivity contribution < 1.29 is 49.3 Å². The van der Waals surface area contributed by atoms with Gasteiger partial charge in [-0.25, -0.2) is 0 Å². The van der Waals surface area contributed by atoms with Crippen molar-refractivity contribution >= 4 is 11.9 Å². The molecule has 1 heterocycles. The zero-order valence-electron chi connectivity index (χ0n) is 49.1. The van der Waals surface area contributed by atoms with Gasteiger partial charge in [-0.2, -0.15) is 0 Å². The molecule has 0 aromatic carbocycles. The molecule has 1 fully saturated rings. The summed E-state index contributed by atoms with van der Waals surface area (Å²) in [5.41, 5.74) is 0. The summed E-state index contributed by atoms with van der Waals surface area (Å²) in [7, 11) is 0. The van der Waals surface area contributed by atoms with Gasteiger partial charge in [-0.15, -0.1) is 0 Å². The molecule has 0 aromatic rings. The summed E-state index contributed by atoms with van der Waals surface area (Å²) in [6.45, 7) is 5.69. The highest BCUT2D eigenvalue weighted by molar-refractivity contribution is 5.80. The van der Waals surface area contributed by atoms with Crippen molar-refractivity contribution in [2.75, 3.05) is 13.2 Å². The van der Waals surface area contributed by atoms with E-state index in [2.05, 4.69) is 86.8 Å². The molecule has 1 aliphatic rings. The van der Waals surface area contributed by atoms with Crippen molar-refractivity contribution in [3.8, 4) is 0 Å². The van der Waals surface area contributed by atoms with E-state index in [1.165, 1.54) is 135 Å². The summed E-state index contributed by atoms with van der Waals surface area (Å²) in [6.07, 6.45) is 59.2. The largest absolute Gasteiger partial charge is 0.454 e. The lowest BCUT2D eigenvalue weighted by atomic mass is 9.99. The van der Waals surface area contributed by atoms with Crippen molar-refractivity contribution in [2.45, 2.75) is 307 Å². The van der Waals surface area contributed by atoms with Crippen LogP contribution in [0.15, 0.2) is 85.1 Å². The van der Waals surface area contributed by atoms with Crippen LogP contribution in [0.25, 0.3) is 0 Å². The average molecular weight is 1080 g/mol. The summed E-state index contributed by atoms with van der Waals surface area (Å²) in [6, 6.07) is -1.06. The molecule has 1 aliphatic heterocycles. The number of esters is 1. The topological polar surface area (TPSA) is 175 Å². The van der Waals surface area contributed by atoms with Gasteiger partial charge in [0.15, 0.2) is 12.4 Å². The van der Waals surface area contributed by atoms with Gasteiger partial charge in [0, 0.05) is 6.42 Å². The smallest absolute Gasteiger partial charge is 0.306 e. The van der Waals surface area contributed by atoms with Crippen LogP contribution in [-0.4, -0.2) is 99.6 Å². The Morgan fingerprint density at radius 1 is 0.506 bits per heavy atom. The highest BCUT2D eigenvalue weighted by Crippen LogP contribution is 2.26. The predicted molar refractivity (Wildman–Crippen MR) is 319 cm³/mol. The molecule has 8 atom stereocenters. The number of rotatable bonds is 52. The van der Waals surface area contributed by atoms with Gasteiger partial charge in [0.1, 0.15) is 24.4 Å². The van der Waals surface area contributed by atoms with Gasteiger partial charge in [0.2, 0.25) is 5.91 Å². The zero-order chi connectivity index (χ0) is 56.1. The molecule has 444 valence electrons. The lowest BCUT2D eigenvalue weighted by Crippen LogP contribution is -2.61. The average Bonchev–Trinajstić information content (AvgIpc) is 3.43. The predicted octanol–water partition coefficient (Wildman–Crippen LogP) is 14.9. The Bertz CT molecular complexity index is 1570. The summed E-state index contributed by atoms with van der Waals surface area (Å²) < 4.78 is 17.6. The molecule has 8 unspecified atom stereocenters. The van der Waals surface area contributed by atoms with Crippen molar-refractivity contribution in [3.63, 3.8) is 0 Å². The lowest BCUT2D eigenvalue weighted by Gasteiger charge is -2.41. The van der Waals surface area contributed by atoms with Gasteiger partial charge in [-0.3, -0.25) is 9.59 Å². The molecule has 1 rings (SSSR count). The molecule has 1 amide bonds. The standard InChI is InChI=1S/C66H115NO10/c1-4-7-10-13-16-19-22-24-26-28-29-30-31-32-34-36-39-42-45-48-51-54-61(71)77-64-63(73)62(72)60(55-68)76-66(64)75-56-57(58(69)52-49-46-43-40-37-21-18-15-12-9-6-3)67-65(74)59(70)53-50-47-44-41-38-35-33-27-25-23-20-17-14-11-8-5-2/h16-17,19-20,24-27,35,38,44,47,49,52,57-60,62-64,66,68-70,72-73H,4-15,18,21-23,28-34,36-37,39-43,45-46,48,50-51,53-56H2,1-3H3,(H,67,74)/b19-16-,20-17-,26-24-,27-25-,38-35-,47-44-,52-49+. The van der Waals surface area contributed by atoms with Gasteiger partial charge in [0.05, 0.1) is 25.4 Å². The Morgan fingerprint density at radius 3 is 1.36 bits per heavy atom. The van der Waals surface area contributed by atoms with Crippen LogP contribution in [0.3, 0.4) is 0 Å². The van der Waals surface area contributed by atoms with Gasteiger partial charge in [0.25, 0.3) is 0 Å². The van der Waals surface area contributed by atoms with Crippen LogP contribution in [0.2, 0.25) is 0 Å². The Hall–Kier alpha value is -3.16. The van der Waals surface area contributed by atoms with Crippen LogP contribution in [0.4, 0.5) is 0 Å². The van der Waals surface area contributed by atoms with Crippen LogP contribution in [0, 0.1) is 0 Å². The molecular formula is C66H115NO10. The van der Waals surface area contributed by atoms with Crippen LogP contribution in [0.1, 0.15) is 258 Å². The third-order valence-corrected chi connectivity index (χ3v) is 14.3. The maximum atomic E-state index is 13.4. The Labute approximate surface area is 470 Å². The molecule has 0 bridgehead atoms. The second-order valence-corrected chi connectivity index (χ2v) is 21.4. The van der Waals surface area contributed by atoms with E-state index in [9.17, 15) is 35.1 Å². The first-order valence-corrected chi connectivity index (χ1v) is 31.4. The van der Waals surface area contributed by atoms with Crippen molar-refractivity contribution in [1.29, 1.82) is 0 Å². The maximum absolute atomic E-state index is 13.4. The third-order valence-electron chi connectivity index (χ3n) is 14.3. The van der Waals surface area contributed by atoms with Gasteiger partial charge < -0.3 is 45.1 Å². The van der Waals surface area contributed by atoms with Crippen LogP contribution < -0.4 is 5.32 Å². The van der Waals surface area contributed by atoms with E-state index < -0.39 is 67.4 Å². The number of ether oxygens (including phenoxy) is 3. The summed E-state index contributed by atoms with van der Waals surface area (Å²) >= 11 is 0. The third kappa shape index (κ3) is 41.5. The number of nitrogens with one attached hydrogen (secondary N) is 1. The molecule has 0 aliphatic carbocycles. The lowest BCUT2D eigenvalue weighted by molar-refractivity contribution is -0.305. The highest BCUT2D eigenvalue weighted by atomic mass is 16.7. The number of aliphatic hydroxyl groups excluding tert-OH is 5. The summed E-state index contributed by atoms with van der Waals surface area (Å²) in [5, 5.41) is 56.9. The molecule has 6 N–H and O–H groups in total. The second-order valence-electron chi connectivity index (χ2n) is 21.4. The highest BCUT2D eigenvalue weighted by Gasteiger charge is 2.47. The maximum Gasteiger partial charge on any atom is 0.306 e. The number of carbonyl (C=O) groups is 2. The van der Waals surface area contributed by atoms with Crippen LogP contribution in [-0.2, 0) is 23.8 Å². The summed E-state index contributed by atoms with van der Waals surface area (Å²) in [5.74, 6) is -1.26. The fourth-order valence-corrected chi connectivity index (χ4v) is 9.26. The minimum absolute atomic E-state index is 0.112. The van der Waals surface area contributed by atoms with E-state index >= 15 is 0 Å². The van der Waals surface area contributed by atoms with Crippen molar-refractivity contribution in [1.82, 2.24) is 5.32 Å². The molecular weight excluding hydrogens is 967 g/mol. The number of allylic oxidation sites excluding steroid dienone is 13. The number of aliphatic hydroxyl groups is 5. The normalized spacial score (nSPS) is 19.6. The Kier molecular flexibility index (Phi) is 49.9. The fraction of sp³-hybridized carbons (Fsp3) is 0.758. The minimum Gasteiger partial charge on any atom is -0.454 e. The molecule has 11 nitrogen and oxygen atoms in total. The summed E-state index contributed by atoms with van der Waals surface area (Å²) in [4.78, 5) is 26.5.